The molecule has 0 saturated carbocycles. The van der Waals surface area contributed by atoms with Gasteiger partial charge in [0.05, 0.1) is 6.61 Å². The molecule has 4 heteroatoms. The van der Waals surface area contributed by atoms with Gasteiger partial charge in [0.15, 0.2) is 0 Å². The lowest BCUT2D eigenvalue weighted by Crippen LogP contribution is -2.27. The summed E-state index contributed by atoms with van der Waals surface area (Å²) in [5.41, 5.74) is 8.18. The van der Waals surface area contributed by atoms with E-state index in [1.165, 1.54) is 17.5 Å². The molecule has 112 valence electrons. The SMILES string of the molecule is CC(C)SC1CC(c2ccc(CN)cc2)N(CCO)C1. The van der Waals surface area contributed by atoms with Gasteiger partial charge in [-0.1, -0.05) is 38.1 Å². The van der Waals surface area contributed by atoms with Crippen LogP contribution >= 0.6 is 11.8 Å². The van der Waals surface area contributed by atoms with Crippen LogP contribution in [0.5, 0.6) is 0 Å². The number of β-amino-alcohol motifs (C(OH)–C–C–N with tert-alkyl or cyclic N) is 1. The van der Waals surface area contributed by atoms with E-state index < -0.39 is 0 Å². The predicted octanol–water partition coefficient (Wildman–Crippen LogP) is 2.39. The van der Waals surface area contributed by atoms with E-state index in [-0.39, 0.29) is 6.61 Å². The molecule has 0 aromatic heterocycles. The van der Waals surface area contributed by atoms with Gasteiger partial charge >= 0.3 is 0 Å². The third-order valence-electron chi connectivity index (χ3n) is 3.82. The van der Waals surface area contributed by atoms with Crippen LogP contribution in [0.2, 0.25) is 0 Å². The Bertz CT molecular complexity index is 407. The maximum Gasteiger partial charge on any atom is 0.0558 e. The van der Waals surface area contributed by atoms with E-state index >= 15 is 0 Å². The number of likely N-dealkylation sites (tertiary alicyclic amines) is 1. The van der Waals surface area contributed by atoms with Gasteiger partial charge in [-0.2, -0.15) is 11.8 Å². The van der Waals surface area contributed by atoms with Crippen molar-refractivity contribution in [1.29, 1.82) is 0 Å². The Balaban J connectivity index is 2.09. The highest BCUT2D eigenvalue weighted by Crippen LogP contribution is 2.38. The molecule has 1 aliphatic heterocycles. The molecule has 1 aromatic carbocycles. The smallest absolute Gasteiger partial charge is 0.0558 e. The fraction of sp³-hybridized carbons (Fsp3) is 0.625. The Labute approximate surface area is 126 Å². The monoisotopic (exact) mass is 294 g/mol. The van der Waals surface area contributed by atoms with Crippen molar-refractivity contribution in [2.75, 3.05) is 19.7 Å². The van der Waals surface area contributed by atoms with Crippen LogP contribution in [0.15, 0.2) is 24.3 Å². The molecule has 0 spiro atoms. The second kappa shape index (κ2) is 7.46. The highest BCUT2D eigenvalue weighted by molar-refractivity contribution is 8.00. The van der Waals surface area contributed by atoms with Crippen molar-refractivity contribution in [3.8, 4) is 0 Å². The topological polar surface area (TPSA) is 49.5 Å². The second-order valence-corrected chi connectivity index (χ2v) is 7.60. The fourth-order valence-corrected chi connectivity index (χ4v) is 4.28. The number of rotatable bonds is 6. The molecule has 0 bridgehead atoms. The number of aliphatic hydroxyl groups is 1. The van der Waals surface area contributed by atoms with Crippen molar-refractivity contribution in [1.82, 2.24) is 4.90 Å². The molecule has 2 unspecified atom stereocenters. The molecule has 2 rings (SSSR count). The van der Waals surface area contributed by atoms with Gasteiger partial charge < -0.3 is 10.8 Å². The maximum absolute atomic E-state index is 9.28. The van der Waals surface area contributed by atoms with Crippen molar-refractivity contribution in [3.05, 3.63) is 35.4 Å². The van der Waals surface area contributed by atoms with Crippen molar-refractivity contribution < 1.29 is 5.11 Å². The Kier molecular flexibility index (Phi) is 5.90. The van der Waals surface area contributed by atoms with Crippen molar-refractivity contribution >= 4 is 11.8 Å². The van der Waals surface area contributed by atoms with Gasteiger partial charge in [0.1, 0.15) is 0 Å². The average Bonchev–Trinajstić information content (AvgIpc) is 2.81. The Morgan fingerprint density at radius 2 is 2.05 bits per heavy atom. The minimum Gasteiger partial charge on any atom is -0.395 e. The molecule has 2 atom stereocenters. The van der Waals surface area contributed by atoms with E-state index in [4.69, 9.17) is 5.73 Å². The lowest BCUT2D eigenvalue weighted by molar-refractivity contribution is 0.186. The van der Waals surface area contributed by atoms with E-state index in [1.807, 2.05) is 0 Å². The summed E-state index contributed by atoms with van der Waals surface area (Å²) in [7, 11) is 0. The first-order valence-electron chi connectivity index (χ1n) is 7.43. The average molecular weight is 294 g/mol. The summed E-state index contributed by atoms with van der Waals surface area (Å²) >= 11 is 2.05. The van der Waals surface area contributed by atoms with E-state index in [9.17, 15) is 5.11 Å². The summed E-state index contributed by atoms with van der Waals surface area (Å²) in [5, 5.41) is 10.6. The third-order valence-corrected chi connectivity index (χ3v) is 5.09. The van der Waals surface area contributed by atoms with E-state index in [2.05, 4.69) is 54.8 Å². The number of hydrogen-bond donors (Lipinski definition) is 2. The lowest BCUT2D eigenvalue weighted by Gasteiger charge is -2.23. The van der Waals surface area contributed by atoms with Crippen LogP contribution in [0.3, 0.4) is 0 Å². The normalized spacial score (nSPS) is 23.6. The molecule has 3 N–H and O–H groups in total. The minimum atomic E-state index is 0.233. The Hall–Kier alpha value is -0.550. The molecule has 1 fully saturated rings. The lowest BCUT2D eigenvalue weighted by atomic mass is 10.0. The summed E-state index contributed by atoms with van der Waals surface area (Å²) in [4.78, 5) is 2.41. The number of aliphatic hydroxyl groups excluding tert-OH is 1. The molecular formula is C16H26N2OS. The maximum atomic E-state index is 9.28. The van der Waals surface area contributed by atoms with Crippen molar-refractivity contribution in [2.24, 2.45) is 5.73 Å². The van der Waals surface area contributed by atoms with Crippen molar-refractivity contribution in [2.45, 2.75) is 43.4 Å². The number of hydrogen-bond acceptors (Lipinski definition) is 4. The number of benzene rings is 1. The Morgan fingerprint density at radius 3 is 2.60 bits per heavy atom. The molecule has 0 radical (unpaired) electrons. The van der Waals surface area contributed by atoms with Crippen LogP contribution in [0, 0.1) is 0 Å². The molecule has 0 amide bonds. The summed E-state index contributed by atoms with van der Waals surface area (Å²) in [6, 6.07) is 9.06. The molecule has 1 saturated heterocycles. The van der Waals surface area contributed by atoms with E-state index in [0.29, 0.717) is 23.1 Å². The van der Waals surface area contributed by atoms with Crippen LogP contribution in [0.25, 0.3) is 0 Å². The first-order chi connectivity index (χ1) is 9.63. The van der Waals surface area contributed by atoms with Gasteiger partial charge in [0.25, 0.3) is 0 Å². The highest BCUT2D eigenvalue weighted by Gasteiger charge is 2.33. The fourth-order valence-electron chi connectivity index (χ4n) is 2.94. The summed E-state index contributed by atoms with van der Waals surface area (Å²) in [6.07, 6.45) is 1.17. The van der Waals surface area contributed by atoms with E-state index in [0.717, 1.165) is 13.1 Å². The molecule has 0 aliphatic carbocycles. The van der Waals surface area contributed by atoms with Gasteiger partial charge in [-0.05, 0) is 22.8 Å². The van der Waals surface area contributed by atoms with Crippen LogP contribution in [-0.4, -0.2) is 40.2 Å². The number of nitrogens with two attached hydrogens (primary N) is 1. The molecular weight excluding hydrogens is 268 g/mol. The molecule has 1 heterocycles. The quantitative estimate of drug-likeness (QED) is 0.846. The number of nitrogens with zero attached hydrogens (tertiary/aromatic N) is 1. The molecule has 1 aromatic rings. The van der Waals surface area contributed by atoms with Gasteiger partial charge in [0, 0.05) is 30.9 Å². The summed E-state index contributed by atoms with van der Waals surface area (Å²) in [5.74, 6) is 0. The second-order valence-electron chi connectivity index (χ2n) is 5.72. The first kappa shape index (κ1) is 15.8. The first-order valence-corrected chi connectivity index (χ1v) is 8.37. The van der Waals surface area contributed by atoms with Crippen molar-refractivity contribution in [3.63, 3.8) is 0 Å². The predicted molar refractivity (Wildman–Crippen MR) is 86.9 cm³/mol. The van der Waals surface area contributed by atoms with Gasteiger partial charge in [-0.3, -0.25) is 4.90 Å². The van der Waals surface area contributed by atoms with Crippen LogP contribution < -0.4 is 5.73 Å². The zero-order valence-electron chi connectivity index (χ0n) is 12.5. The largest absolute Gasteiger partial charge is 0.395 e. The molecule has 3 nitrogen and oxygen atoms in total. The number of thioether (sulfide) groups is 1. The van der Waals surface area contributed by atoms with Crippen LogP contribution in [0.4, 0.5) is 0 Å². The van der Waals surface area contributed by atoms with Gasteiger partial charge in [-0.25, -0.2) is 0 Å². The standard InChI is InChI=1S/C16H26N2OS/c1-12(2)20-15-9-16(18(11-15)7-8-19)14-5-3-13(10-17)4-6-14/h3-6,12,15-16,19H,7-11,17H2,1-2H3. The zero-order chi connectivity index (χ0) is 14.5. The zero-order valence-corrected chi connectivity index (χ0v) is 13.3. The van der Waals surface area contributed by atoms with E-state index in [1.54, 1.807) is 0 Å². The third kappa shape index (κ3) is 3.98. The highest BCUT2D eigenvalue weighted by atomic mass is 32.2. The van der Waals surface area contributed by atoms with Crippen LogP contribution in [-0.2, 0) is 6.54 Å². The Morgan fingerprint density at radius 1 is 1.35 bits per heavy atom. The summed E-state index contributed by atoms with van der Waals surface area (Å²) in [6.45, 7) is 7.17. The minimum absolute atomic E-state index is 0.233. The summed E-state index contributed by atoms with van der Waals surface area (Å²) < 4.78 is 0. The van der Waals surface area contributed by atoms with Gasteiger partial charge in [-0.15, -0.1) is 0 Å². The molecule has 20 heavy (non-hydrogen) atoms. The molecule has 1 aliphatic rings. The van der Waals surface area contributed by atoms with Gasteiger partial charge in [0.2, 0.25) is 0 Å². The van der Waals surface area contributed by atoms with Crippen LogP contribution in [0.1, 0.15) is 37.4 Å².